The molecular weight excluding hydrogens is 299 g/mol. The summed E-state index contributed by atoms with van der Waals surface area (Å²) in [4.78, 5) is 14.1. The van der Waals surface area contributed by atoms with Gasteiger partial charge >= 0.3 is 0 Å². The standard InChI is InChI=1S/C16H19FN4O2/c17-13-5-2-12(3-6-13)4-7-15(22)21-9-1-8-16(23,11-21)14-10-18-20-19-14/h2-3,5-6,10,23H,1,4,7-9,11H2,(H,18,19,20). The molecule has 0 bridgehead atoms. The zero-order valence-electron chi connectivity index (χ0n) is 12.7. The lowest BCUT2D eigenvalue weighted by Crippen LogP contribution is -2.48. The van der Waals surface area contributed by atoms with E-state index in [2.05, 4.69) is 15.4 Å². The van der Waals surface area contributed by atoms with Crippen molar-refractivity contribution in [3.05, 3.63) is 47.5 Å². The lowest BCUT2D eigenvalue weighted by molar-refractivity contribution is -0.139. The smallest absolute Gasteiger partial charge is 0.223 e. The number of nitrogens with one attached hydrogen (secondary N) is 1. The molecule has 1 aromatic carbocycles. The summed E-state index contributed by atoms with van der Waals surface area (Å²) in [5, 5.41) is 20.9. The van der Waals surface area contributed by atoms with E-state index in [1.807, 2.05) is 0 Å². The molecule has 1 atom stereocenters. The first-order chi connectivity index (χ1) is 11.1. The number of carbonyl (C=O) groups excluding carboxylic acids is 1. The van der Waals surface area contributed by atoms with E-state index in [0.29, 0.717) is 37.9 Å². The Balaban J connectivity index is 1.60. The molecule has 0 saturated carbocycles. The third-order valence-corrected chi connectivity index (χ3v) is 4.26. The molecular formula is C16H19FN4O2. The number of hydrogen-bond donors (Lipinski definition) is 2. The van der Waals surface area contributed by atoms with Crippen LogP contribution in [0.4, 0.5) is 4.39 Å². The van der Waals surface area contributed by atoms with Crippen molar-refractivity contribution in [1.29, 1.82) is 0 Å². The third-order valence-electron chi connectivity index (χ3n) is 4.26. The molecule has 6 nitrogen and oxygen atoms in total. The molecule has 2 heterocycles. The van der Waals surface area contributed by atoms with Gasteiger partial charge in [0.15, 0.2) is 0 Å². The highest BCUT2D eigenvalue weighted by Crippen LogP contribution is 2.30. The van der Waals surface area contributed by atoms with E-state index in [9.17, 15) is 14.3 Å². The number of piperidine rings is 1. The number of hydrogen-bond acceptors (Lipinski definition) is 4. The monoisotopic (exact) mass is 318 g/mol. The highest BCUT2D eigenvalue weighted by molar-refractivity contribution is 5.76. The maximum Gasteiger partial charge on any atom is 0.223 e. The molecule has 1 amide bonds. The van der Waals surface area contributed by atoms with Crippen LogP contribution in [0.2, 0.25) is 0 Å². The van der Waals surface area contributed by atoms with Gasteiger partial charge in [0.1, 0.15) is 17.1 Å². The normalized spacial score (nSPS) is 21.4. The van der Waals surface area contributed by atoms with Gasteiger partial charge in [0.2, 0.25) is 5.91 Å². The van der Waals surface area contributed by atoms with Gasteiger partial charge in [0, 0.05) is 13.0 Å². The van der Waals surface area contributed by atoms with Crippen molar-refractivity contribution in [3.63, 3.8) is 0 Å². The van der Waals surface area contributed by atoms with Crippen LogP contribution in [0.3, 0.4) is 0 Å². The van der Waals surface area contributed by atoms with Gasteiger partial charge in [0.25, 0.3) is 0 Å². The predicted octanol–water partition coefficient (Wildman–Crippen LogP) is 1.39. The Morgan fingerprint density at radius 1 is 1.39 bits per heavy atom. The number of amides is 1. The number of nitrogens with zero attached hydrogens (tertiary/aromatic N) is 3. The number of benzene rings is 1. The van der Waals surface area contributed by atoms with Crippen LogP contribution in [0.5, 0.6) is 0 Å². The van der Waals surface area contributed by atoms with E-state index in [1.165, 1.54) is 18.3 Å². The number of halogens is 1. The second-order valence-electron chi connectivity index (χ2n) is 5.93. The highest BCUT2D eigenvalue weighted by atomic mass is 19.1. The number of carbonyl (C=O) groups is 1. The fourth-order valence-electron chi connectivity index (χ4n) is 2.94. The van der Waals surface area contributed by atoms with Gasteiger partial charge in [-0.1, -0.05) is 12.1 Å². The van der Waals surface area contributed by atoms with Crippen molar-refractivity contribution in [3.8, 4) is 0 Å². The zero-order valence-corrected chi connectivity index (χ0v) is 12.7. The molecule has 23 heavy (non-hydrogen) atoms. The Labute approximate surface area is 133 Å². The lowest BCUT2D eigenvalue weighted by Gasteiger charge is -2.38. The van der Waals surface area contributed by atoms with E-state index in [0.717, 1.165) is 5.56 Å². The van der Waals surface area contributed by atoms with Crippen molar-refractivity contribution in [2.45, 2.75) is 31.3 Å². The minimum atomic E-state index is -1.14. The Morgan fingerprint density at radius 2 is 2.17 bits per heavy atom. The maximum atomic E-state index is 12.9. The van der Waals surface area contributed by atoms with Gasteiger partial charge in [-0.3, -0.25) is 4.79 Å². The zero-order chi connectivity index (χ0) is 16.3. The van der Waals surface area contributed by atoms with Crippen molar-refractivity contribution in [2.75, 3.05) is 13.1 Å². The first-order valence-electron chi connectivity index (χ1n) is 7.68. The molecule has 1 unspecified atom stereocenters. The second kappa shape index (κ2) is 6.45. The van der Waals surface area contributed by atoms with Crippen molar-refractivity contribution >= 4 is 5.91 Å². The number of β-amino-alcohol motifs (C(OH)–C–C–N with tert-alkyl or cyclic N) is 1. The van der Waals surface area contributed by atoms with Crippen molar-refractivity contribution in [1.82, 2.24) is 20.3 Å². The summed E-state index contributed by atoms with van der Waals surface area (Å²) >= 11 is 0. The average Bonchev–Trinajstić information content (AvgIpc) is 3.09. The van der Waals surface area contributed by atoms with Crippen LogP contribution in [0, 0.1) is 5.82 Å². The van der Waals surface area contributed by atoms with E-state index in [4.69, 9.17) is 0 Å². The summed E-state index contributed by atoms with van der Waals surface area (Å²) < 4.78 is 12.9. The minimum Gasteiger partial charge on any atom is -0.382 e. The molecule has 3 rings (SSSR count). The fourth-order valence-corrected chi connectivity index (χ4v) is 2.94. The quantitative estimate of drug-likeness (QED) is 0.892. The molecule has 2 aromatic rings. The lowest BCUT2D eigenvalue weighted by atomic mass is 9.90. The van der Waals surface area contributed by atoms with Crippen LogP contribution in [-0.4, -0.2) is 44.4 Å². The van der Waals surface area contributed by atoms with Crippen molar-refractivity contribution < 1.29 is 14.3 Å². The van der Waals surface area contributed by atoms with E-state index >= 15 is 0 Å². The van der Waals surface area contributed by atoms with E-state index < -0.39 is 5.60 Å². The second-order valence-corrected chi connectivity index (χ2v) is 5.93. The van der Waals surface area contributed by atoms with Gasteiger partial charge in [-0.25, -0.2) is 4.39 Å². The molecule has 0 radical (unpaired) electrons. The average molecular weight is 318 g/mol. The number of aromatic amines is 1. The van der Waals surface area contributed by atoms with Crippen LogP contribution < -0.4 is 0 Å². The van der Waals surface area contributed by atoms with Gasteiger partial charge in [-0.15, -0.1) is 0 Å². The van der Waals surface area contributed by atoms with Crippen LogP contribution in [0.15, 0.2) is 30.5 Å². The molecule has 0 aliphatic carbocycles. The molecule has 0 spiro atoms. The highest BCUT2D eigenvalue weighted by Gasteiger charge is 2.38. The number of aromatic nitrogens is 3. The summed E-state index contributed by atoms with van der Waals surface area (Å²) in [6.07, 6.45) is 3.65. The van der Waals surface area contributed by atoms with Crippen LogP contribution in [0.25, 0.3) is 0 Å². The van der Waals surface area contributed by atoms with Gasteiger partial charge in [0.05, 0.1) is 12.7 Å². The van der Waals surface area contributed by atoms with Gasteiger partial charge in [-0.05, 0) is 37.0 Å². The summed E-state index contributed by atoms with van der Waals surface area (Å²) in [5.74, 6) is -0.301. The van der Waals surface area contributed by atoms with Crippen molar-refractivity contribution in [2.24, 2.45) is 0 Å². The largest absolute Gasteiger partial charge is 0.382 e. The first kappa shape index (κ1) is 15.6. The molecule has 2 N–H and O–H groups in total. The fraction of sp³-hybridized carbons (Fsp3) is 0.438. The Morgan fingerprint density at radius 3 is 2.87 bits per heavy atom. The third kappa shape index (κ3) is 3.56. The summed E-state index contributed by atoms with van der Waals surface area (Å²) in [7, 11) is 0. The SMILES string of the molecule is O=C(CCc1ccc(F)cc1)N1CCCC(O)(c2cn[nH]n2)C1. The number of rotatable bonds is 4. The van der Waals surface area contributed by atoms with Crippen LogP contribution >= 0.6 is 0 Å². The number of aliphatic hydroxyl groups is 1. The topological polar surface area (TPSA) is 82.1 Å². The molecule has 7 heteroatoms. The van der Waals surface area contributed by atoms with Crippen LogP contribution in [0.1, 0.15) is 30.5 Å². The Bertz CT molecular complexity index is 659. The predicted molar refractivity (Wildman–Crippen MR) is 80.8 cm³/mol. The Hall–Kier alpha value is -2.28. The minimum absolute atomic E-state index is 0.0176. The maximum absolute atomic E-state index is 12.9. The summed E-state index contributed by atoms with van der Waals surface area (Å²) in [6, 6.07) is 6.16. The molecule has 122 valence electrons. The number of H-pyrrole nitrogens is 1. The molecule has 1 aromatic heterocycles. The van der Waals surface area contributed by atoms with E-state index in [1.54, 1.807) is 17.0 Å². The molecule has 1 fully saturated rings. The molecule has 1 aliphatic heterocycles. The first-order valence-corrected chi connectivity index (χ1v) is 7.68. The number of likely N-dealkylation sites (tertiary alicyclic amines) is 1. The number of aryl methyl sites for hydroxylation is 1. The van der Waals surface area contributed by atoms with E-state index in [-0.39, 0.29) is 18.3 Å². The summed E-state index contributed by atoms with van der Waals surface area (Å²) in [6.45, 7) is 0.851. The summed E-state index contributed by atoms with van der Waals surface area (Å²) in [5.41, 5.74) is 0.244. The van der Waals surface area contributed by atoms with Gasteiger partial charge < -0.3 is 10.0 Å². The molecule has 1 saturated heterocycles. The molecule has 1 aliphatic rings. The van der Waals surface area contributed by atoms with Gasteiger partial charge in [-0.2, -0.15) is 15.4 Å². The van der Waals surface area contributed by atoms with Crippen LogP contribution in [-0.2, 0) is 16.8 Å². The Kier molecular flexibility index (Phi) is 4.38.